The molecule has 1 amide bonds. The van der Waals surface area contributed by atoms with Gasteiger partial charge in [-0.2, -0.15) is 0 Å². The molecule has 0 aliphatic rings. The molecule has 1 unspecified atom stereocenters. The molecular weight excluding hydrogens is 316 g/mol. The van der Waals surface area contributed by atoms with E-state index >= 15 is 0 Å². The maximum atomic E-state index is 11.9. The van der Waals surface area contributed by atoms with Crippen molar-refractivity contribution in [3.8, 4) is 11.5 Å². The van der Waals surface area contributed by atoms with Crippen LogP contribution in [0.2, 0.25) is 5.15 Å². The lowest BCUT2D eigenvalue weighted by Crippen LogP contribution is -2.34. The molecule has 1 N–H and O–H groups in total. The molecule has 1 heterocycles. The van der Waals surface area contributed by atoms with Crippen molar-refractivity contribution in [3.05, 3.63) is 53.3 Å². The van der Waals surface area contributed by atoms with E-state index in [0.717, 1.165) is 17.1 Å². The molecule has 0 saturated carbocycles. The third-order valence-corrected chi connectivity index (χ3v) is 3.36. The van der Waals surface area contributed by atoms with Crippen LogP contribution in [0.5, 0.6) is 11.5 Å². The van der Waals surface area contributed by atoms with Crippen LogP contribution in [0.1, 0.15) is 12.5 Å². The third kappa shape index (κ3) is 5.79. The number of ether oxygens (including phenoxy) is 2. The van der Waals surface area contributed by atoms with Gasteiger partial charge in [0.15, 0.2) is 0 Å². The molecule has 0 aliphatic heterocycles. The number of benzene rings is 1. The number of rotatable bonds is 7. The van der Waals surface area contributed by atoms with E-state index in [-0.39, 0.29) is 18.4 Å². The first-order chi connectivity index (χ1) is 11.1. The number of nitrogens with one attached hydrogen (secondary N) is 1. The first kappa shape index (κ1) is 17.1. The minimum absolute atomic E-state index is 0.0840. The second-order valence-electron chi connectivity index (χ2n) is 5.07. The number of hydrogen-bond acceptors (Lipinski definition) is 4. The van der Waals surface area contributed by atoms with Crippen molar-refractivity contribution in [2.24, 2.45) is 0 Å². The summed E-state index contributed by atoms with van der Waals surface area (Å²) < 4.78 is 10.8. The zero-order valence-corrected chi connectivity index (χ0v) is 13.8. The molecule has 5 nitrogen and oxygen atoms in total. The molecule has 0 aliphatic carbocycles. The van der Waals surface area contributed by atoms with Gasteiger partial charge in [0.1, 0.15) is 22.8 Å². The molecule has 2 aromatic rings. The summed E-state index contributed by atoms with van der Waals surface area (Å²) in [5.74, 6) is 1.42. The second kappa shape index (κ2) is 8.39. The molecule has 0 spiro atoms. The van der Waals surface area contributed by atoms with Gasteiger partial charge in [-0.25, -0.2) is 4.98 Å². The highest BCUT2D eigenvalue weighted by Gasteiger charge is 2.08. The van der Waals surface area contributed by atoms with Gasteiger partial charge in [0, 0.05) is 6.20 Å². The predicted octanol–water partition coefficient (Wildman–Crippen LogP) is 2.87. The van der Waals surface area contributed by atoms with Crippen LogP contribution in [0.25, 0.3) is 0 Å². The zero-order valence-electron chi connectivity index (χ0n) is 13.1. The summed E-state index contributed by atoms with van der Waals surface area (Å²) in [4.78, 5) is 15.8. The first-order valence-corrected chi connectivity index (χ1v) is 7.62. The fraction of sp³-hybridized carbons (Fsp3) is 0.294. The van der Waals surface area contributed by atoms with Crippen LogP contribution in [0.3, 0.4) is 0 Å². The summed E-state index contributed by atoms with van der Waals surface area (Å²) in [6, 6.07) is 10.8. The lowest BCUT2D eigenvalue weighted by Gasteiger charge is -2.15. The van der Waals surface area contributed by atoms with Gasteiger partial charge in [-0.3, -0.25) is 4.79 Å². The van der Waals surface area contributed by atoms with E-state index in [1.807, 2.05) is 31.2 Å². The van der Waals surface area contributed by atoms with Gasteiger partial charge in [-0.15, -0.1) is 0 Å². The molecule has 122 valence electrons. The Kier molecular flexibility index (Phi) is 6.23. The average Bonchev–Trinajstić information content (AvgIpc) is 2.56. The van der Waals surface area contributed by atoms with Crippen LogP contribution in [-0.4, -0.2) is 30.6 Å². The van der Waals surface area contributed by atoms with E-state index in [9.17, 15) is 4.79 Å². The van der Waals surface area contributed by atoms with Crippen molar-refractivity contribution in [1.29, 1.82) is 0 Å². The Morgan fingerprint density at radius 1 is 1.22 bits per heavy atom. The largest absolute Gasteiger partial charge is 0.497 e. The monoisotopic (exact) mass is 334 g/mol. The Hall–Kier alpha value is -2.27. The van der Waals surface area contributed by atoms with Crippen molar-refractivity contribution in [2.75, 3.05) is 13.7 Å². The van der Waals surface area contributed by atoms with Crippen LogP contribution in [0.4, 0.5) is 0 Å². The maximum Gasteiger partial charge on any atom is 0.224 e. The zero-order chi connectivity index (χ0) is 16.7. The standard InChI is InChI=1S/C17H19ClN2O3/c1-12(23-15-6-4-14(22-2)5-7-15)10-20-17(21)9-13-3-8-16(18)19-11-13/h3-8,11-12H,9-10H2,1-2H3,(H,20,21). The molecule has 1 atom stereocenters. The van der Waals surface area contributed by atoms with Crippen molar-refractivity contribution in [3.63, 3.8) is 0 Å². The normalized spacial score (nSPS) is 11.6. The Morgan fingerprint density at radius 2 is 1.91 bits per heavy atom. The van der Waals surface area contributed by atoms with Gasteiger partial charge in [-0.05, 0) is 42.8 Å². The number of aromatic nitrogens is 1. The molecule has 1 aromatic heterocycles. The molecular formula is C17H19ClN2O3. The Labute approximate surface area is 140 Å². The molecule has 0 saturated heterocycles. The van der Waals surface area contributed by atoms with E-state index in [2.05, 4.69) is 10.3 Å². The summed E-state index contributed by atoms with van der Waals surface area (Å²) in [6.45, 7) is 2.32. The van der Waals surface area contributed by atoms with Crippen molar-refractivity contribution in [2.45, 2.75) is 19.4 Å². The summed E-state index contributed by atoms with van der Waals surface area (Å²) in [7, 11) is 1.62. The van der Waals surface area contributed by atoms with Crippen LogP contribution >= 0.6 is 11.6 Å². The van der Waals surface area contributed by atoms with Crippen LogP contribution in [0.15, 0.2) is 42.6 Å². The lowest BCUT2D eigenvalue weighted by atomic mass is 10.2. The van der Waals surface area contributed by atoms with Gasteiger partial charge in [0.2, 0.25) is 5.91 Å². The Balaban J connectivity index is 1.75. The van der Waals surface area contributed by atoms with E-state index in [1.54, 1.807) is 25.4 Å². The fourth-order valence-corrected chi connectivity index (χ4v) is 2.06. The summed E-state index contributed by atoms with van der Waals surface area (Å²) in [5, 5.41) is 3.25. The van der Waals surface area contributed by atoms with E-state index in [0.29, 0.717) is 11.7 Å². The molecule has 0 bridgehead atoms. The number of nitrogens with zero attached hydrogens (tertiary/aromatic N) is 1. The lowest BCUT2D eigenvalue weighted by molar-refractivity contribution is -0.120. The highest BCUT2D eigenvalue weighted by Crippen LogP contribution is 2.18. The molecule has 2 rings (SSSR count). The van der Waals surface area contributed by atoms with Crippen molar-refractivity contribution >= 4 is 17.5 Å². The minimum atomic E-state index is -0.143. The predicted molar refractivity (Wildman–Crippen MR) is 89.0 cm³/mol. The number of carbonyl (C=O) groups is 1. The van der Waals surface area contributed by atoms with Gasteiger partial charge in [0.05, 0.1) is 20.1 Å². The number of pyridine rings is 1. The number of carbonyl (C=O) groups excluding carboxylic acids is 1. The van der Waals surface area contributed by atoms with Gasteiger partial charge >= 0.3 is 0 Å². The maximum absolute atomic E-state index is 11.9. The van der Waals surface area contributed by atoms with Crippen LogP contribution < -0.4 is 14.8 Å². The molecule has 0 fully saturated rings. The smallest absolute Gasteiger partial charge is 0.224 e. The summed E-state index contributed by atoms with van der Waals surface area (Å²) in [6.07, 6.45) is 1.72. The Morgan fingerprint density at radius 3 is 2.52 bits per heavy atom. The van der Waals surface area contributed by atoms with E-state index < -0.39 is 0 Å². The molecule has 6 heteroatoms. The highest BCUT2D eigenvalue weighted by molar-refractivity contribution is 6.29. The molecule has 23 heavy (non-hydrogen) atoms. The third-order valence-electron chi connectivity index (χ3n) is 3.14. The van der Waals surface area contributed by atoms with Crippen LogP contribution in [-0.2, 0) is 11.2 Å². The average molecular weight is 335 g/mol. The highest BCUT2D eigenvalue weighted by atomic mass is 35.5. The van der Waals surface area contributed by atoms with Gasteiger partial charge in [-0.1, -0.05) is 17.7 Å². The van der Waals surface area contributed by atoms with Gasteiger partial charge < -0.3 is 14.8 Å². The van der Waals surface area contributed by atoms with E-state index in [1.165, 1.54) is 0 Å². The SMILES string of the molecule is COc1ccc(OC(C)CNC(=O)Cc2ccc(Cl)nc2)cc1. The minimum Gasteiger partial charge on any atom is -0.497 e. The quantitative estimate of drug-likeness (QED) is 0.791. The topological polar surface area (TPSA) is 60.5 Å². The first-order valence-electron chi connectivity index (χ1n) is 7.24. The second-order valence-corrected chi connectivity index (χ2v) is 5.46. The Bertz CT molecular complexity index is 629. The fourth-order valence-electron chi connectivity index (χ4n) is 1.94. The molecule has 0 radical (unpaired) electrons. The van der Waals surface area contributed by atoms with Crippen molar-refractivity contribution < 1.29 is 14.3 Å². The summed E-state index contributed by atoms with van der Waals surface area (Å²) >= 11 is 5.71. The van der Waals surface area contributed by atoms with Gasteiger partial charge in [0.25, 0.3) is 0 Å². The number of hydrogen-bond donors (Lipinski definition) is 1. The van der Waals surface area contributed by atoms with Crippen molar-refractivity contribution in [1.82, 2.24) is 10.3 Å². The number of methoxy groups -OCH3 is 1. The van der Waals surface area contributed by atoms with Crippen LogP contribution in [0, 0.1) is 0 Å². The number of halogens is 1. The number of amides is 1. The van der Waals surface area contributed by atoms with E-state index in [4.69, 9.17) is 21.1 Å². The summed E-state index contributed by atoms with van der Waals surface area (Å²) in [5.41, 5.74) is 0.815. The molecule has 1 aromatic carbocycles.